The maximum atomic E-state index is 10.1. The van der Waals surface area contributed by atoms with Crippen molar-refractivity contribution in [1.82, 2.24) is 15.0 Å². The second kappa shape index (κ2) is 10.9. The first-order valence-corrected chi connectivity index (χ1v) is 12.5. The molecule has 0 radical (unpaired) electrons. The maximum Gasteiger partial charge on any atom is 0.162 e. The van der Waals surface area contributed by atoms with E-state index >= 15 is 0 Å². The number of pyridine rings is 1. The largest absolute Gasteiger partial charge is 0.493 e. The molecule has 38 heavy (non-hydrogen) atoms. The summed E-state index contributed by atoms with van der Waals surface area (Å²) in [6.07, 6.45) is 3.75. The quantitative estimate of drug-likeness (QED) is 0.361. The molecule has 1 aliphatic rings. The van der Waals surface area contributed by atoms with Crippen LogP contribution in [0.15, 0.2) is 54.9 Å². The summed E-state index contributed by atoms with van der Waals surface area (Å²) in [6.45, 7) is 7.86. The number of hydrogen-bond donors (Lipinski definition) is 1. The van der Waals surface area contributed by atoms with Crippen molar-refractivity contribution in [2.24, 2.45) is 0 Å². The van der Waals surface area contributed by atoms with Crippen LogP contribution in [0.1, 0.15) is 30.7 Å². The third-order valence-electron chi connectivity index (χ3n) is 6.37. The Balaban J connectivity index is 1.39. The smallest absolute Gasteiger partial charge is 0.162 e. The highest BCUT2D eigenvalue weighted by Crippen LogP contribution is 2.34. The van der Waals surface area contributed by atoms with Gasteiger partial charge in [0.2, 0.25) is 0 Å². The van der Waals surface area contributed by atoms with Gasteiger partial charge in [0.1, 0.15) is 29.6 Å². The van der Waals surface area contributed by atoms with E-state index in [2.05, 4.69) is 26.3 Å². The van der Waals surface area contributed by atoms with Gasteiger partial charge in [0.15, 0.2) is 11.5 Å². The third-order valence-corrected chi connectivity index (χ3v) is 6.37. The van der Waals surface area contributed by atoms with Crippen LogP contribution in [-0.4, -0.2) is 47.4 Å². The number of anilines is 3. The monoisotopic (exact) mass is 510 g/mol. The molecule has 194 valence electrons. The van der Waals surface area contributed by atoms with Crippen LogP contribution >= 0.6 is 0 Å². The summed E-state index contributed by atoms with van der Waals surface area (Å²) in [7, 11) is 1.60. The Hall–Kier alpha value is -4.42. The third kappa shape index (κ3) is 5.45. The number of rotatable bonds is 7. The van der Waals surface area contributed by atoms with E-state index in [1.54, 1.807) is 19.5 Å². The van der Waals surface area contributed by atoms with Crippen LogP contribution in [0.3, 0.4) is 0 Å². The van der Waals surface area contributed by atoms with Crippen molar-refractivity contribution in [3.05, 3.63) is 71.7 Å². The van der Waals surface area contributed by atoms with Crippen LogP contribution in [0.5, 0.6) is 11.5 Å². The summed E-state index contributed by atoms with van der Waals surface area (Å²) >= 11 is 0. The first-order chi connectivity index (χ1) is 18.4. The molecule has 9 heteroatoms. The zero-order valence-corrected chi connectivity index (χ0v) is 21.9. The van der Waals surface area contributed by atoms with E-state index < -0.39 is 0 Å². The second-order valence-electron chi connectivity index (χ2n) is 9.45. The number of ether oxygens (including phenoxy) is 3. The zero-order valence-electron chi connectivity index (χ0n) is 21.9. The summed E-state index contributed by atoms with van der Waals surface area (Å²) < 4.78 is 17.4. The lowest BCUT2D eigenvalue weighted by Gasteiger charge is -2.35. The molecule has 0 aliphatic carbocycles. The minimum absolute atomic E-state index is 0.0928. The first-order valence-electron chi connectivity index (χ1n) is 12.5. The van der Waals surface area contributed by atoms with Gasteiger partial charge in [-0.15, -0.1) is 0 Å². The first kappa shape index (κ1) is 25.2. The Labute approximate surface area is 222 Å². The van der Waals surface area contributed by atoms with E-state index in [-0.39, 0.29) is 12.2 Å². The minimum Gasteiger partial charge on any atom is -0.493 e. The van der Waals surface area contributed by atoms with E-state index in [0.717, 1.165) is 35.9 Å². The number of morpholine rings is 1. The lowest BCUT2D eigenvalue weighted by atomic mass is 10.1. The Morgan fingerprint density at radius 3 is 2.58 bits per heavy atom. The van der Waals surface area contributed by atoms with Gasteiger partial charge in [-0.1, -0.05) is 6.07 Å². The van der Waals surface area contributed by atoms with Gasteiger partial charge in [0.05, 0.1) is 36.7 Å². The van der Waals surface area contributed by atoms with E-state index in [9.17, 15) is 5.26 Å². The molecule has 2 atom stereocenters. The fourth-order valence-corrected chi connectivity index (χ4v) is 4.57. The molecule has 5 rings (SSSR count). The van der Waals surface area contributed by atoms with Gasteiger partial charge in [-0.3, -0.25) is 9.97 Å². The number of nitrogens with zero attached hydrogens (tertiary/aromatic N) is 5. The fraction of sp³-hybridized carbons (Fsp3) is 0.310. The Bertz CT molecular complexity index is 1470. The van der Waals surface area contributed by atoms with Gasteiger partial charge in [-0.25, -0.2) is 4.98 Å². The van der Waals surface area contributed by atoms with Crippen molar-refractivity contribution in [2.75, 3.05) is 30.4 Å². The molecule has 2 aromatic carbocycles. The number of methoxy groups -OCH3 is 1. The maximum absolute atomic E-state index is 10.1. The highest BCUT2D eigenvalue weighted by molar-refractivity contribution is 5.89. The van der Waals surface area contributed by atoms with Gasteiger partial charge >= 0.3 is 0 Å². The molecule has 3 heterocycles. The average Bonchev–Trinajstić information content (AvgIpc) is 2.92. The molecular formula is C29H30N6O3. The predicted octanol–water partition coefficient (Wildman–Crippen LogP) is 5.15. The molecule has 0 amide bonds. The van der Waals surface area contributed by atoms with Crippen molar-refractivity contribution < 1.29 is 14.2 Å². The molecule has 0 spiro atoms. The number of nitriles is 1. The molecule has 0 bridgehead atoms. The normalized spacial score (nSPS) is 17.2. The Kier molecular flexibility index (Phi) is 7.24. The van der Waals surface area contributed by atoms with Gasteiger partial charge in [0, 0.05) is 42.3 Å². The average molecular weight is 511 g/mol. The molecule has 4 aromatic rings. The number of hydrogen-bond acceptors (Lipinski definition) is 9. The topological polar surface area (TPSA) is 105 Å². The SMILES string of the molecule is COc1cc(Nc2ccc3ncc(N4C[C@@H](C)O[C@@H](C)C4)nc3c2C#N)ccc1OCc1ccc(C)nc1. The van der Waals surface area contributed by atoms with Crippen LogP contribution in [-0.2, 0) is 11.3 Å². The second-order valence-corrected chi connectivity index (χ2v) is 9.45. The lowest BCUT2D eigenvalue weighted by Crippen LogP contribution is -2.45. The molecule has 2 aromatic heterocycles. The van der Waals surface area contributed by atoms with Gasteiger partial charge in [-0.2, -0.15) is 5.26 Å². The number of nitrogens with one attached hydrogen (secondary N) is 1. The van der Waals surface area contributed by atoms with Crippen molar-refractivity contribution in [3.8, 4) is 17.6 Å². The summed E-state index contributed by atoms with van der Waals surface area (Å²) in [5.74, 6) is 1.93. The molecular weight excluding hydrogens is 480 g/mol. The molecule has 0 unspecified atom stereocenters. The number of aromatic nitrogens is 3. The summed E-state index contributed by atoms with van der Waals surface area (Å²) in [5.41, 5.74) is 4.96. The number of fused-ring (bicyclic) bond motifs is 1. The fourth-order valence-electron chi connectivity index (χ4n) is 4.57. The van der Waals surface area contributed by atoms with Crippen molar-refractivity contribution in [2.45, 2.75) is 39.6 Å². The lowest BCUT2D eigenvalue weighted by molar-refractivity contribution is -0.00546. The van der Waals surface area contributed by atoms with Crippen molar-refractivity contribution in [1.29, 1.82) is 5.26 Å². The number of benzene rings is 2. The molecule has 1 N–H and O–H groups in total. The van der Waals surface area contributed by atoms with Crippen LogP contribution in [0.4, 0.5) is 17.2 Å². The molecule has 1 aliphatic heterocycles. The van der Waals surface area contributed by atoms with Crippen molar-refractivity contribution >= 4 is 28.2 Å². The Morgan fingerprint density at radius 2 is 1.87 bits per heavy atom. The van der Waals surface area contributed by atoms with Crippen molar-refractivity contribution in [3.63, 3.8) is 0 Å². The highest BCUT2D eigenvalue weighted by atomic mass is 16.5. The van der Waals surface area contributed by atoms with E-state index in [4.69, 9.17) is 19.2 Å². The zero-order chi connectivity index (χ0) is 26.6. The van der Waals surface area contributed by atoms with E-state index in [1.807, 2.05) is 63.2 Å². The van der Waals surface area contributed by atoms with Crippen LogP contribution in [0.25, 0.3) is 11.0 Å². The minimum atomic E-state index is 0.0928. The van der Waals surface area contributed by atoms with Crippen LogP contribution in [0, 0.1) is 18.3 Å². The molecule has 1 saturated heterocycles. The van der Waals surface area contributed by atoms with Crippen LogP contribution in [0.2, 0.25) is 0 Å². The summed E-state index contributed by atoms with van der Waals surface area (Å²) in [5, 5.41) is 13.4. The predicted molar refractivity (Wildman–Crippen MR) is 146 cm³/mol. The van der Waals surface area contributed by atoms with E-state index in [0.29, 0.717) is 40.4 Å². The van der Waals surface area contributed by atoms with E-state index in [1.165, 1.54) is 0 Å². The summed E-state index contributed by atoms with van der Waals surface area (Å²) in [6, 6.07) is 15.5. The molecule has 1 fully saturated rings. The Morgan fingerprint density at radius 1 is 1.05 bits per heavy atom. The number of aryl methyl sites for hydroxylation is 1. The summed E-state index contributed by atoms with van der Waals surface area (Å²) in [4.78, 5) is 15.9. The van der Waals surface area contributed by atoms with Gasteiger partial charge in [-0.05, 0) is 51.1 Å². The van der Waals surface area contributed by atoms with Gasteiger partial charge in [0.25, 0.3) is 0 Å². The molecule has 0 saturated carbocycles. The highest BCUT2D eigenvalue weighted by Gasteiger charge is 2.24. The standard InChI is InChI=1S/C29H30N6O3/c1-18-5-6-21(13-31-18)17-37-26-10-7-22(11-27(26)36-4)33-24-8-9-25-29(23(24)12-30)34-28(14-32-25)35-15-19(2)38-20(3)16-35/h5-11,13-14,19-20,33H,15-17H2,1-4H3/t19-,20+. The van der Waals surface area contributed by atoms with Crippen LogP contribution < -0.4 is 19.7 Å². The van der Waals surface area contributed by atoms with Gasteiger partial charge < -0.3 is 24.4 Å². The molecule has 9 nitrogen and oxygen atoms in total.